The summed E-state index contributed by atoms with van der Waals surface area (Å²) in [6.45, 7) is 0.903. The maximum atomic E-state index is 11.8. The zero-order chi connectivity index (χ0) is 18.9. The van der Waals surface area contributed by atoms with Crippen LogP contribution in [0.4, 0.5) is 10.7 Å². The third-order valence-electron chi connectivity index (χ3n) is 4.21. The van der Waals surface area contributed by atoms with Gasteiger partial charge in [-0.25, -0.2) is 8.42 Å². The molecule has 3 rings (SSSR count). The topological polar surface area (TPSA) is 110 Å². The first-order valence-corrected chi connectivity index (χ1v) is 10.5. The van der Waals surface area contributed by atoms with E-state index < -0.39 is 20.7 Å². The van der Waals surface area contributed by atoms with Crippen molar-refractivity contribution in [3.05, 3.63) is 46.0 Å². The van der Waals surface area contributed by atoms with E-state index in [1.165, 1.54) is 13.1 Å². The minimum absolute atomic E-state index is 0.0443. The number of thiophene rings is 1. The molecule has 0 unspecified atom stereocenters. The van der Waals surface area contributed by atoms with E-state index in [1.807, 2.05) is 29.2 Å². The Kier molecular flexibility index (Phi) is 4.97. The fraction of sp³-hybridized carbons (Fsp3) is 0.312. The van der Waals surface area contributed by atoms with Crippen molar-refractivity contribution in [3.63, 3.8) is 0 Å². The molecule has 1 fully saturated rings. The summed E-state index contributed by atoms with van der Waals surface area (Å²) in [5.74, 6) is -0.215. The van der Waals surface area contributed by atoms with E-state index in [9.17, 15) is 23.3 Å². The van der Waals surface area contributed by atoms with E-state index in [1.54, 1.807) is 0 Å². The van der Waals surface area contributed by atoms with E-state index in [2.05, 4.69) is 5.32 Å². The van der Waals surface area contributed by atoms with Crippen LogP contribution in [0.5, 0.6) is 0 Å². The maximum absolute atomic E-state index is 11.8. The Hall–Kier alpha value is -2.46. The van der Waals surface area contributed by atoms with Gasteiger partial charge >= 0.3 is 5.00 Å². The van der Waals surface area contributed by atoms with Crippen molar-refractivity contribution < 1.29 is 18.1 Å². The van der Waals surface area contributed by atoms with Gasteiger partial charge < -0.3 is 10.2 Å². The van der Waals surface area contributed by atoms with Crippen molar-refractivity contribution in [2.75, 3.05) is 36.5 Å². The van der Waals surface area contributed by atoms with E-state index in [0.29, 0.717) is 18.0 Å². The van der Waals surface area contributed by atoms with E-state index in [0.717, 1.165) is 22.6 Å². The van der Waals surface area contributed by atoms with Crippen LogP contribution in [0.25, 0.3) is 10.4 Å². The predicted octanol–water partition coefficient (Wildman–Crippen LogP) is 1.92. The van der Waals surface area contributed by atoms with Crippen LogP contribution < -0.4 is 10.2 Å². The molecular formula is C16H17N3O5S2. The highest BCUT2D eigenvalue weighted by Gasteiger charge is 2.25. The highest BCUT2D eigenvalue weighted by atomic mass is 32.2. The van der Waals surface area contributed by atoms with Crippen molar-refractivity contribution in [1.82, 2.24) is 5.32 Å². The lowest BCUT2D eigenvalue weighted by Crippen LogP contribution is -2.40. The number of carbonyl (C=O) groups is 1. The molecule has 1 N–H and O–H groups in total. The van der Waals surface area contributed by atoms with E-state index in [-0.39, 0.29) is 22.1 Å². The van der Waals surface area contributed by atoms with Crippen LogP contribution in [0.2, 0.25) is 0 Å². The second-order valence-corrected chi connectivity index (χ2v) is 9.19. The molecule has 138 valence electrons. The Bertz CT molecular complexity index is 937. The molecule has 2 heterocycles. The number of hydrogen-bond acceptors (Lipinski definition) is 7. The lowest BCUT2D eigenvalue weighted by molar-refractivity contribution is -0.380. The normalized spacial score (nSPS) is 16.3. The molecule has 0 spiro atoms. The molecule has 1 aromatic heterocycles. The minimum Gasteiger partial charge on any atom is -0.369 e. The molecule has 2 aromatic rings. The molecule has 0 radical (unpaired) electrons. The standard InChI is InChI=1S/C16H17N3O5S2/c1-17-15(20)13-10-14(25-16(13)19(21)22)11-2-4-12(5-3-11)18-6-8-26(23,24)9-7-18/h2-5,10H,6-9H2,1H3,(H,17,20). The van der Waals surface area contributed by atoms with Crippen LogP contribution in [0.3, 0.4) is 0 Å². The summed E-state index contributed by atoms with van der Waals surface area (Å²) in [6, 6.07) is 8.88. The maximum Gasteiger partial charge on any atom is 0.337 e. The van der Waals surface area contributed by atoms with Crippen LogP contribution in [-0.4, -0.2) is 50.9 Å². The summed E-state index contributed by atoms with van der Waals surface area (Å²) in [7, 11) is -1.51. The third kappa shape index (κ3) is 3.70. The first kappa shape index (κ1) is 18.3. The van der Waals surface area contributed by atoms with Crippen LogP contribution >= 0.6 is 11.3 Å². The van der Waals surface area contributed by atoms with Gasteiger partial charge in [0.15, 0.2) is 9.84 Å². The molecule has 0 saturated carbocycles. The van der Waals surface area contributed by atoms with Gasteiger partial charge in [-0.15, -0.1) is 0 Å². The fourth-order valence-electron chi connectivity index (χ4n) is 2.76. The Labute approximate surface area is 154 Å². The molecule has 1 aliphatic rings. The second-order valence-electron chi connectivity index (χ2n) is 5.85. The van der Waals surface area contributed by atoms with Crippen LogP contribution in [0.15, 0.2) is 30.3 Å². The van der Waals surface area contributed by atoms with Crippen molar-refractivity contribution >= 4 is 37.8 Å². The molecular weight excluding hydrogens is 378 g/mol. The first-order valence-electron chi connectivity index (χ1n) is 7.87. The smallest absolute Gasteiger partial charge is 0.337 e. The van der Waals surface area contributed by atoms with Crippen molar-refractivity contribution in [2.24, 2.45) is 0 Å². The molecule has 1 aromatic carbocycles. The van der Waals surface area contributed by atoms with Crippen molar-refractivity contribution in [1.29, 1.82) is 0 Å². The second kappa shape index (κ2) is 7.04. The van der Waals surface area contributed by atoms with Gasteiger partial charge in [0.25, 0.3) is 5.91 Å². The quantitative estimate of drug-likeness (QED) is 0.626. The average molecular weight is 395 g/mol. The van der Waals surface area contributed by atoms with Gasteiger partial charge in [0.1, 0.15) is 5.56 Å². The summed E-state index contributed by atoms with van der Waals surface area (Å²) in [6.07, 6.45) is 0. The molecule has 26 heavy (non-hydrogen) atoms. The number of sulfone groups is 1. The number of nitrogens with one attached hydrogen (secondary N) is 1. The van der Waals surface area contributed by atoms with Crippen LogP contribution in [-0.2, 0) is 9.84 Å². The van der Waals surface area contributed by atoms with Gasteiger partial charge in [-0.05, 0) is 23.8 Å². The Morgan fingerprint density at radius 3 is 2.38 bits per heavy atom. The Morgan fingerprint density at radius 2 is 1.85 bits per heavy atom. The highest BCUT2D eigenvalue weighted by molar-refractivity contribution is 7.91. The molecule has 0 atom stereocenters. The lowest BCUT2D eigenvalue weighted by atomic mass is 10.1. The number of nitrogens with zero attached hydrogens (tertiary/aromatic N) is 2. The molecule has 1 saturated heterocycles. The molecule has 8 nitrogen and oxygen atoms in total. The van der Waals surface area contributed by atoms with Gasteiger partial charge in [0.05, 0.1) is 16.4 Å². The number of carbonyl (C=O) groups excluding carboxylic acids is 1. The van der Waals surface area contributed by atoms with Crippen LogP contribution in [0.1, 0.15) is 10.4 Å². The number of anilines is 1. The van der Waals surface area contributed by atoms with Gasteiger partial charge in [0, 0.05) is 30.7 Å². The fourth-order valence-corrected chi connectivity index (χ4v) is 4.94. The summed E-state index contributed by atoms with van der Waals surface area (Å²) in [5.41, 5.74) is 1.71. The predicted molar refractivity (Wildman–Crippen MR) is 101 cm³/mol. The van der Waals surface area contributed by atoms with Gasteiger partial charge in [-0.1, -0.05) is 23.5 Å². The molecule has 0 bridgehead atoms. The molecule has 1 aliphatic heterocycles. The number of nitro groups is 1. The average Bonchev–Trinajstić information content (AvgIpc) is 3.07. The monoisotopic (exact) mass is 395 g/mol. The molecule has 1 amide bonds. The highest BCUT2D eigenvalue weighted by Crippen LogP contribution is 2.37. The number of amides is 1. The van der Waals surface area contributed by atoms with Gasteiger partial charge in [0.2, 0.25) is 0 Å². The Balaban J connectivity index is 1.85. The zero-order valence-electron chi connectivity index (χ0n) is 14.0. The number of benzene rings is 1. The van der Waals surface area contributed by atoms with Crippen molar-refractivity contribution in [2.45, 2.75) is 0 Å². The lowest BCUT2D eigenvalue weighted by Gasteiger charge is -2.28. The number of rotatable bonds is 4. The third-order valence-corrected chi connectivity index (χ3v) is 6.96. The van der Waals surface area contributed by atoms with Gasteiger partial charge in [-0.3, -0.25) is 14.9 Å². The molecule has 10 heteroatoms. The largest absolute Gasteiger partial charge is 0.369 e. The SMILES string of the molecule is CNC(=O)c1cc(-c2ccc(N3CCS(=O)(=O)CC3)cc2)sc1[N+](=O)[O-]. The number of hydrogen-bond donors (Lipinski definition) is 1. The van der Waals surface area contributed by atoms with E-state index >= 15 is 0 Å². The molecule has 0 aliphatic carbocycles. The summed E-state index contributed by atoms with van der Waals surface area (Å²) >= 11 is 0.953. The summed E-state index contributed by atoms with van der Waals surface area (Å²) in [5, 5.41) is 13.4. The van der Waals surface area contributed by atoms with Crippen LogP contribution in [0, 0.1) is 10.1 Å². The summed E-state index contributed by atoms with van der Waals surface area (Å²) < 4.78 is 23.0. The zero-order valence-corrected chi connectivity index (χ0v) is 15.6. The minimum atomic E-state index is -2.94. The Morgan fingerprint density at radius 1 is 1.23 bits per heavy atom. The van der Waals surface area contributed by atoms with E-state index in [4.69, 9.17) is 0 Å². The first-order chi connectivity index (χ1) is 12.3. The summed E-state index contributed by atoms with van der Waals surface area (Å²) in [4.78, 5) is 25.1. The van der Waals surface area contributed by atoms with Gasteiger partial charge in [-0.2, -0.15) is 0 Å². The van der Waals surface area contributed by atoms with Crippen molar-refractivity contribution in [3.8, 4) is 10.4 Å².